The monoisotopic (exact) mass is 593 g/mol. The molecule has 0 fully saturated rings. The summed E-state index contributed by atoms with van der Waals surface area (Å²) in [6.07, 6.45) is 1.17. The van der Waals surface area contributed by atoms with E-state index in [1.54, 1.807) is 11.3 Å². The summed E-state index contributed by atoms with van der Waals surface area (Å²) >= 11 is 1.76. The van der Waals surface area contributed by atoms with E-state index in [0.717, 1.165) is 16.1 Å². The Morgan fingerprint density at radius 3 is 2.30 bits per heavy atom. The quantitative estimate of drug-likeness (QED) is 0.162. The Morgan fingerprint density at radius 2 is 1.73 bits per heavy atom. The number of carbonyl (C=O) groups excluding carboxylic acids is 1. The number of aryl methyl sites for hydroxylation is 1. The fourth-order valence-electron chi connectivity index (χ4n) is 2.96. The molecule has 0 aliphatic carbocycles. The maximum atomic E-state index is 10.0. The third-order valence-corrected chi connectivity index (χ3v) is 5.49. The van der Waals surface area contributed by atoms with Crippen LogP contribution in [0.1, 0.15) is 19.4 Å². The fraction of sp³-hybridized carbons (Fsp3) is 0.120. The van der Waals surface area contributed by atoms with E-state index in [4.69, 9.17) is 10.1 Å². The molecule has 0 aliphatic heterocycles. The zero-order valence-corrected chi connectivity index (χ0v) is 20.2. The van der Waals surface area contributed by atoms with Gasteiger partial charge in [0.05, 0.1) is 5.76 Å². The predicted molar refractivity (Wildman–Crippen MR) is 121 cm³/mol. The molecular formula is C25H22IrNO2S-. The van der Waals surface area contributed by atoms with E-state index >= 15 is 0 Å². The van der Waals surface area contributed by atoms with Gasteiger partial charge in [-0.1, -0.05) is 42.5 Å². The van der Waals surface area contributed by atoms with Crippen molar-refractivity contribution in [3.05, 3.63) is 90.2 Å². The number of rotatable bonds is 3. The first-order chi connectivity index (χ1) is 14.0. The van der Waals surface area contributed by atoms with Crippen LogP contribution in [0, 0.1) is 13.0 Å². The number of hydrogen-bond donors (Lipinski definition) is 1. The number of carbonyl (C=O) groups is 1. The minimum Gasteiger partial charge on any atom is -0.512 e. The Kier molecular flexibility index (Phi) is 8.67. The minimum atomic E-state index is -0.125. The van der Waals surface area contributed by atoms with Gasteiger partial charge >= 0.3 is 0 Å². The van der Waals surface area contributed by atoms with E-state index in [9.17, 15) is 4.79 Å². The minimum absolute atomic E-state index is 0. The normalized spacial score (nSPS) is 10.7. The molecule has 3 nitrogen and oxygen atoms in total. The molecule has 0 bridgehead atoms. The van der Waals surface area contributed by atoms with Crippen LogP contribution in [0.3, 0.4) is 0 Å². The molecule has 2 heterocycles. The fourth-order valence-corrected chi connectivity index (χ4v) is 4.15. The van der Waals surface area contributed by atoms with Crippen molar-refractivity contribution in [3.8, 4) is 21.7 Å². The summed E-state index contributed by atoms with van der Waals surface area (Å²) in [4.78, 5) is 17.2. The molecule has 155 valence electrons. The number of allylic oxidation sites excluding steroid dienone is 2. The molecule has 2 aromatic carbocycles. The van der Waals surface area contributed by atoms with Crippen LogP contribution < -0.4 is 0 Å². The van der Waals surface area contributed by atoms with Crippen LogP contribution in [0.2, 0.25) is 0 Å². The van der Waals surface area contributed by atoms with Crippen LogP contribution in [0.25, 0.3) is 31.9 Å². The first kappa shape index (κ1) is 23.7. The maximum Gasteiger partial charge on any atom is 0.155 e. The van der Waals surface area contributed by atoms with Crippen molar-refractivity contribution in [2.75, 3.05) is 0 Å². The van der Waals surface area contributed by atoms with Crippen LogP contribution in [0.4, 0.5) is 0 Å². The molecule has 0 aliphatic rings. The molecule has 4 aromatic rings. The van der Waals surface area contributed by atoms with E-state index in [2.05, 4.69) is 49.4 Å². The van der Waals surface area contributed by atoms with Gasteiger partial charge in [0, 0.05) is 36.4 Å². The molecule has 0 saturated heterocycles. The predicted octanol–water partition coefficient (Wildman–Crippen LogP) is 6.77. The summed E-state index contributed by atoms with van der Waals surface area (Å²) in [5, 5.41) is 9.60. The maximum absolute atomic E-state index is 10.0. The van der Waals surface area contributed by atoms with Gasteiger partial charge in [-0.15, -0.1) is 47.2 Å². The number of thiophene rings is 1. The zero-order chi connectivity index (χ0) is 20.8. The van der Waals surface area contributed by atoms with Crippen LogP contribution >= 0.6 is 11.3 Å². The average Bonchev–Trinajstić information content (AvgIpc) is 3.05. The molecule has 30 heavy (non-hydrogen) atoms. The third kappa shape index (κ3) is 5.96. The van der Waals surface area contributed by atoms with Crippen LogP contribution in [-0.2, 0) is 24.9 Å². The molecule has 0 spiro atoms. The zero-order valence-electron chi connectivity index (χ0n) is 17.0. The van der Waals surface area contributed by atoms with Crippen LogP contribution in [0.15, 0.2) is 78.6 Å². The molecule has 0 atom stereocenters. The third-order valence-electron chi connectivity index (χ3n) is 4.24. The number of hydrogen-bond acceptors (Lipinski definition) is 4. The van der Waals surface area contributed by atoms with Gasteiger partial charge in [-0.2, -0.15) is 0 Å². The Hall–Kier alpha value is -2.59. The van der Waals surface area contributed by atoms with Crippen molar-refractivity contribution in [3.63, 3.8) is 0 Å². The first-order valence-electron chi connectivity index (χ1n) is 9.26. The number of aromatic nitrogens is 1. The van der Waals surface area contributed by atoms with Crippen molar-refractivity contribution in [1.29, 1.82) is 0 Å². The Labute approximate surface area is 194 Å². The van der Waals surface area contributed by atoms with E-state index in [-0.39, 0.29) is 31.6 Å². The van der Waals surface area contributed by atoms with Gasteiger partial charge in [0.2, 0.25) is 0 Å². The van der Waals surface area contributed by atoms with Gasteiger partial charge in [0.25, 0.3) is 0 Å². The summed E-state index contributed by atoms with van der Waals surface area (Å²) < 4.78 is 0. The standard InChI is InChI=1S/C20H14NS.C5H8O2.Ir/c1-14-17-12-13-18(15-8-4-2-5-9-15)21-20(17)22-19(14)16-10-6-3-7-11-16;1-4(6)3-5(2)7;/h2-8,10-13H,1H3;3,6H,1-2H3;/q-1;;/b;4-3-;. The molecule has 1 radical (unpaired) electrons. The van der Waals surface area contributed by atoms with Gasteiger partial charge in [-0.05, 0) is 37.6 Å². The van der Waals surface area contributed by atoms with Gasteiger partial charge in [-0.25, -0.2) is 0 Å². The van der Waals surface area contributed by atoms with E-state index in [1.807, 2.05) is 30.3 Å². The number of aliphatic hydroxyl groups excluding tert-OH is 1. The van der Waals surface area contributed by atoms with Crippen molar-refractivity contribution in [2.24, 2.45) is 0 Å². The molecule has 0 amide bonds. The summed E-state index contributed by atoms with van der Waals surface area (Å²) in [5.41, 5.74) is 4.59. The number of pyridine rings is 1. The molecule has 0 unspecified atom stereocenters. The van der Waals surface area contributed by atoms with E-state index in [1.165, 1.54) is 41.3 Å². The number of nitrogens with zero attached hydrogens (tertiary/aromatic N) is 1. The topological polar surface area (TPSA) is 50.2 Å². The number of fused-ring (bicyclic) bond motifs is 1. The summed E-state index contributed by atoms with van der Waals surface area (Å²) in [6, 6.07) is 26.0. The Balaban J connectivity index is 0.000000350. The van der Waals surface area contributed by atoms with Gasteiger partial charge in [-0.3, -0.25) is 9.78 Å². The smallest absolute Gasteiger partial charge is 0.155 e. The number of benzene rings is 2. The summed E-state index contributed by atoms with van der Waals surface area (Å²) in [6.45, 7) is 5.03. The average molecular weight is 593 g/mol. The number of ketones is 1. The second-order valence-electron chi connectivity index (χ2n) is 6.64. The Morgan fingerprint density at radius 1 is 1.03 bits per heavy atom. The summed E-state index contributed by atoms with van der Waals surface area (Å²) in [5.74, 6) is -0.0625. The van der Waals surface area contributed by atoms with Gasteiger partial charge in [0.15, 0.2) is 5.78 Å². The van der Waals surface area contributed by atoms with E-state index in [0.29, 0.717) is 0 Å². The van der Waals surface area contributed by atoms with Crippen molar-refractivity contribution in [2.45, 2.75) is 20.8 Å². The molecule has 5 heteroatoms. The molecule has 2 aromatic heterocycles. The summed E-state index contributed by atoms with van der Waals surface area (Å²) in [7, 11) is 0. The largest absolute Gasteiger partial charge is 0.512 e. The van der Waals surface area contributed by atoms with Gasteiger partial charge < -0.3 is 5.11 Å². The SMILES string of the molecule is CC(=O)/C=C(/C)O.Cc1c(-c2ccccc2)sc2nc(-c3[c-]cccc3)ccc12.[Ir]. The molecule has 1 N–H and O–H groups in total. The number of aliphatic hydroxyl groups is 1. The molecular weight excluding hydrogens is 571 g/mol. The van der Waals surface area contributed by atoms with Gasteiger partial charge in [0.1, 0.15) is 4.83 Å². The van der Waals surface area contributed by atoms with Crippen molar-refractivity contribution in [1.82, 2.24) is 4.98 Å². The van der Waals surface area contributed by atoms with Crippen molar-refractivity contribution >= 4 is 27.3 Å². The molecule has 0 saturated carbocycles. The van der Waals surface area contributed by atoms with Crippen LogP contribution in [-0.4, -0.2) is 15.9 Å². The Bertz CT molecular complexity index is 1150. The van der Waals surface area contributed by atoms with Crippen LogP contribution in [0.5, 0.6) is 0 Å². The molecule has 4 rings (SSSR count). The second-order valence-corrected chi connectivity index (χ2v) is 7.64. The second kappa shape index (κ2) is 11.0. The first-order valence-corrected chi connectivity index (χ1v) is 10.1. The van der Waals surface area contributed by atoms with E-state index < -0.39 is 0 Å². The van der Waals surface area contributed by atoms with Crippen molar-refractivity contribution < 1.29 is 30.0 Å².